The minimum atomic E-state index is 0.0181. The van der Waals surface area contributed by atoms with Crippen molar-refractivity contribution in [3.63, 3.8) is 0 Å². The molecule has 0 spiro atoms. The maximum atomic E-state index is 8.92. The van der Waals surface area contributed by atoms with Gasteiger partial charge in [-0.3, -0.25) is 0 Å². The molecule has 4 heteroatoms. The SMILES string of the molecule is CN(C)C(C)(C)CNc1ncccc1C#N. The molecule has 1 aromatic rings. The Morgan fingerprint density at radius 2 is 2.19 bits per heavy atom. The fraction of sp³-hybridized carbons (Fsp3) is 0.500. The molecule has 0 unspecified atom stereocenters. The van der Waals surface area contributed by atoms with E-state index in [1.165, 1.54) is 0 Å². The van der Waals surface area contributed by atoms with E-state index in [9.17, 15) is 0 Å². The molecule has 86 valence electrons. The number of nitrogens with zero attached hydrogens (tertiary/aromatic N) is 3. The Bertz CT molecular complexity index is 390. The van der Waals surface area contributed by atoms with Gasteiger partial charge in [0.15, 0.2) is 0 Å². The minimum Gasteiger partial charge on any atom is -0.367 e. The van der Waals surface area contributed by atoms with Crippen LogP contribution in [0, 0.1) is 11.3 Å². The highest BCUT2D eigenvalue weighted by molar-refractivity contribution is 5.51. The van der Waals surface area contributed by atoms with Crippen molar-refractivity contribution in [3.8, 4) is 6.07 Å². The first kappa shape index (κ1) is 12.5. The predicted octanol–water partition coefficient (Wildman–Crippen LogP) is 1.71. The normalized spacial score (nSPS) is 11.2. The summed E-state index contributed by atoms with van der Waals surface area (Å²) in [6.07, 6.45) is 1.69. The van der Waals surface area contributed by atoms with Crippen molar-refractivity contribution in [1.82, 2.24) is 9.88 Å². The lowest BCUT2D eigenvalue weighted by Gasteiger charge is -2.32. The van der Waals surface area contributed by atoms with Crippen LogP contribution in [0.1, 0.15) is 19.4 Å². The van der Waals surface area contributed by atoms with E-state index in [1.807, 2.05) is 14.1 Å². The third-order valence-corrected chi connectivity index (χ3v) is 2.83. The molecule has 0 saturated heterocycles. The fourth-order valence-corrected chi connectivity index (χ4v) is 1.09. The Morgan fingerprint density at radius 3 is 2.75 bits per heavy atom. The van der Waals surface area contributed by atoms with Gasteiger partial charge >= 0.3 is 0 Å². The molecule has 0 atom stereocenters. The highest BCUT2D eigenvalue weighted by Crippen LogP contribution is 2.14. The third-order valence-electron chi connectivity index (χ3n) is 2.83. The zero-order valence-electron chi connectivity index (χ0n) is 10.3. The predicted molar refractivity (Wildman–Crippen MR) is 65.2 cm³/mol. The smallest absolute Gasteiger partial charge is 0.143 e. The van der Waals surface area contributed by atoms with Gasteiger partial charge in [0.25, 0.3) is 0 Å². The fourth-order valence-electron chi connectivity index (χ4n) is 1.09. The number of nitrogens with one attached hydrogen (secondary N) is 1. The molecule has 0 radical (unpaired) electrons. The molecule has 0 aliphatic heterocycles. The van der Waals surface area contributed by atoms with Crippen LogP contribution < -0.4 is 5.32 Å². The molecule has 16 heavy (non-hydrogen) atoms. The van der Waals surface area contributed by atoms with Crippen LogP contribution in [0.3, 0.4) is 0 Å². The van der Waals surface area contributed by atoms with Gasteiger partial charge in [0.05, 0.1) is 5.56 Å². The first-order chi connectivity index (χ1) is 7.47. The van der Waals surface area contributed by atoms with Crippen molar-refractivity contribution in [2.24, 2.45) is 0 Å². The minimum absolute atomic E-state index is 0.0181. The lowest BCUT2D eigenvalue weighted by molar-refractivity contribution is 0.210. The lowest BCUT2D eigenvalue weighted by Crippen LogP contribution is -2.44. The highest BCUT2D eigenvalue weighted by Gasteiger charge is 2.20. The summed E-state index contributed by atoms with van der Waals surface area (Å²) in [7, 11) is 4.07. The standard InChI is InChI=1S/C12H18N4/c1-12(2,16(3)4)9-15-11-10(8-13)6-5-7-14-11/h5-7H,9H2,1-4H3,(H,14,15). The number of likely N-dealkylation sites (N-methyl/N-ethyl adjacent to an activating group) is 1. The molecule has 0 aromatic carbocycles. The topological polar surface area (TPSA) is 52.0 Å². The summed E-state index contributed by atoms with van der Waals surface area (Å²) < 4.78 is 0. The Kier molecular flexibility index (Phi) is 3.86. The van der Waals surface area contributed by atoms with Crippen molar-refractivity contribution in [1.29, 1.82) is 5.26 Å². The number of hydrogen-bond donors (Lipinski definition) is 1. The zero-order valence-corrected chi connectivity index (χ0v) is 10.3. The molecule has 4 nitrogen and oxygen atoms in total. The molecule has 0 saturated carbocycles. The molecular formula is C12H18N4. The number of aromatic nitrogens is 1. The average molecular weight is 218 g/mol. The second-order valence-corrected chi connectivity index (χ2v) is 4.57. The van der Waals surface area contributed by atoms with Crippen molar-refractivity contribution in [2.75, 3.05) is 26.0 Å². The summed E-state index contributed by atoms with van der Waals surface area (Å²) in [6, 6.07) is 5.65. The van der Waals surface area contributed by atoms with Crippen molar-refractivity contribution >= 4 is 5.82 Å². The number of nitriles is 1. The van der Waals surface area contributed by atoms with Crippen molar-refractivity contribution in [3.05, 3.63) is 23.9 Å². The van der Waals surface area contributed by atoms with Crippen LogP contribution in [0.2, 0.25) is 0 Å². The van der Waals surface area contributed by atoms with Gasteiger partial charge in [-0.05, 0) is 40.1 Å². The second-order valence-electron chi connectivity index (χ2n) is 4.57. The van der Waals surface area contributed by atoms with Crippen molar-refractivity contribution in [2.45, 2.75) is 19.4 Å². The number of hydrogen-bond acceptors (Lipinski definition) is 4. The van der Waals surface area contributed by atoms with Gasteiger partial charge in [-0.1, -0.05) is 0 Å². The molecular weight excluding hydrogens is 200 g/mol. The van der Waals surface area contributed by atoms with Gasteiger partial charge < -0.3 is 10.2 Å². The molecule has 0 bridgehead atoms. The van der Waals surface area contributed by atoms with Crippen LogP contribution in [0.5, 0.6) is 0 Å². The van der Waals surface area contributed by atoms with Crippen LogP contribution in [-0.2, 0) is 0 Å². The number of rotatable bonds is 4. The monoisotopic (exact) mass is 218 g/mol. The summed E-state index contributed by atoms with van der Waals surface area (Å²) in [6.45, 7) is 5.01. The van der Waals surface area contributed by atoms with Gasteiger partial charge in [-0.2, -0.15) is 5.26 Å². The first-order valence-electron chi connectivity index (χ1n) is 5.24. The summed E-state index contributed by atoms with van der Waals surface area (Å²) >= 11 is 0. The highest BCUT2D eigenvalue weighted by atomic mass is 15.2. The largest absolute Gasteiger partial charge is 0.367 e. The van der Waals surface area contributed by atoms with Crippen molar-refractivity contribution < 1.29 is 0 Å². The first-order valence-corrected chi connectivity index (χ1v) is 5.24. The van der Waals surface area contributed by atoms with E-state index < -0.39 is 0 Å². The van der Waals surface area contributed by atoms with Crippen LogP contribution in [-0.4, -0.2) is 36.1 Å². The average Bonchev–Trinajstić information content (AvgIpc) is 2.26. The summed E-state index contributed by atoms with van der Waals surface area (Å²) in [5.74, 6) is 0.653. The van der Waals surface area contributed by atoms with E-state index in [0.717, 1.165) is 6.54 Å². The third kappa shape index (κ3) is 2.94. The Balaban J connectivity index is 2.72. The number of anilines is 1. The van der Waals surface area contributed by atoms with E-state index in [2.05, 4.69) is 35.1 Å². The van der Waals surface area contributed by atoms with Gasteiger partial charge in [-0.15, -0.1) is 0 Å². The van der Waals surface area contributed by atoms with Crippen LogP contribution in [0.4, 0.5) is 5.82 Å². The van der Waals surface area contributed by atoms with Gasteiger partial charge in [0, 0.05) is 18.3 Å². The molecule has 1 aromatic heterocycles. The van der Waals surface area contributed by atoms with E-state index in [0.29, 0.717) is 11.4 Å². The Labute approximate surface area is 96.9 Å². The molecule has 0 aliphatic carbocycles. The van der Waals surface area contributed by atoms with Gasteiger partial charge in [-0.25, -0.2) is 4.98 Å². The number of pyridine rings is 1. The van der Waals surface area contributed by atoms with Crippen LogP contribution in [0.25, 0.3) is 0 Å². The molecule has 1 rings (SSSR count). The molecule has 1 N–H and O–H groups in total. The maximum Gasteiger partial charge on any atom is 0.143 e. The maximum absolute atomic E-state index is 8.92. The molecule has 0 fully saturated rings. The van der Waals surface area contributed by atoms with Crippen LogP contribution in [0.15, 0.2) is 18.3 Å². The van der Waals surface area contributed by atoms with Gasteiger partial charge in [0.1, 0.15) is 11.9 Å². The van der Waals surface area contributed by atoms with Crippen LogP contribution >= 0.6 is 0 Å². The lowest BCUT2D eigenvalue weighted by atomic mass is 10.0. The molecule has 1 heterocycles. The summed E-state index contributed by atoms with van der Waals surface area (Å²) in [5, 5.41) is 12.1. The van der Waals surface area contributed by atoms with E-state index in [4.69, 9.17) is 5.26 Å². The second kappa shape index (κ2) is 4.95. The van der Waals surface area contributed by atoms with E-state index in [1.54, 1.807) is 18.3 Å². The van der Waals surface area contributed by atoms with Gasteiger partial charge in [0.2, 0.25) is 0 Å². The zero-order chi connectivity index (χ0) is 12.2. The summed E-state index contributed by atoms with van der Waals surface area (Å²) in [5.41, 5.74) is 0.599. The van der Waals surface area contributed by atoms with E-state index in [-0.39, 0.29) is 5.54 Å². The Morgan fingerprint density at radius 1 is 1.50 bits per heavy atom. The Hall–Kier alpha value is -1.60. The summed E-state index contributed by atoms with van der Waals surface area (Å²) in [4.78, 5) is 6.29. The van der Waals surface area contributed by atoms with E-state index >= 15 is 0 Å². The molecule has 0 aliphatic rings. The quantitative estimate of drug-likeness (QED) is 0.835. The molecule has 0 amide bonds.